The third kappa shape index (κ3) is 5.28. The Bertz CT molecular complexity index is 1020. The molecule has 1 aromatic carbocycles. The average Bonchev–Trinajstić information content (AvgIpc) is 2.99. The SMILES string of the molecule is Cc1nn(-c2ccccc2)c(C)c1CNC(=O)NCc1ccc(N2CCCCCC2)nc1. The van der Waals surface area contributed by atoms with Gasteiger partial charge in [-0.2, -0.15) is 5.10 Å². The van der Waals surface area contributed by atoms with Gasteiger partial charge in [0.15, 0.2) is 0 Å². The smallest absolute Gasteiger partial charge is 0.315 e. The number of para-hydroxylation sites is 1. The van der Waals surface area contributed by atoms with Gasteiger partial charge in [-0.15, -0.1) is 0 Å². The van der Waals surface area contributed by atoms with Crippen molar-refractivity contribution < 1.29 is 4.79 Å². The van der Waals surface area contributed by atoms with E-state index in [2.05, 4.69) is 31.7 Å². The molecule has 1 fully saturated rings. The number of carbonyl (C=O) groups excluding carboxylic acids is 1. The van der Waals surface area contributed by atoms with Gasteiger partial charge in [0.05, 0.1) is 11.4 Å². The number of hydrogen-bond donors (Lipinski definition) is 2. The molecular formula is C25H32N6O. The molecule has 0 spiro atoms. The lowest BCUT2D eigenvalue weighted by Gasteiger charge is -2.21. The molecule has 7 nitrogen and oxygen atoms in total. The molecule has 1 aliphatic heterocycles. The minimum Gasteiger partial charge on any atom is -0.357 e. The summed E-state index contributed by atoms with van der Waals surface area (Å²) in [4.78, 5) is 19.3. The Hall–Kier alpha value is -3.35. The first kappa shape index (κ1) is 21.9. The molecule has 32 heavy (non-hydrogen) atoms. The van der Waals surface area contributed by atoms with Crippen LogP contribution in [-0.4, -0.2) is 33.9 Å². The molecule has 0 aliphatic carbocycles. The molecule has 3 heterocycles. The number of rotatable bonds is 6. The van der Waals surface area contributed by atoms with E-state index in [0.29, 0.717) is 13.1 Å². The summed E-state index contributed by atoms with van der Waals surface area (Å²) in [6.07, 6.45) is 6.93. The summed E-state index contributed by atoms with van der Waals surface area (Å²) in [5.41, 5.74) is 4.98. The summed E-state index contributed by atoms with van der Waals surface area (Å²) in [7, 11) is 0. The van der Waals surface area contributed by atoms with Crippen LogP contribution >= 0.6 is 0 Å². The second kappa shape index (κ2) is 10.3. The maximum absolute atomic E-state index is 12.4. The molecule has 0 saturated carbocycles. The minimum atomic E-state index is -0.201. The molecule has 3 aromatic rings. The number of pyridine rings is 1. The van der Waals surface area contributed by atoms with E-state index in [-0.39, 0.29) is 6.03 Å². The molecule has 1 aliphatic rings. The van der Waals surface area contributed by atoms with Gasteiger partial charge in [-0.1, -0.05) is 37.1 Å². The first-order chi connectivity index (χ1) is 15.6. The van der Waals surface area contributed by atoms with E-state index in [9.17, 15) is 4.79 Å². The van der Waals surface area contributed by atoms with Gasteiger partial charge in [-0.05, 0) is 50.5 Å². The molecule has 0 bridgehead atoms. The number of aromatic nitrogens is 3. The van der Waals surface area contributed by atoms with Crippen LogP contribution in [0.25, 0.3) is 5.69 Å². The van der Waals surface area contributed by atoms with Crippen molar-refractivity contribution in [1.29, 1.82) is 0 Å². The van der Waals surface area contributed by atoms with Crippen LogP contribution in [0.15, 0.2) is 48.7 Å². The summed E-state index contributed by atoms with van der Waals surface area (Å²) in [6, 6.07) is 13.9. The highest BCUT2D eigenvalue weighted by Gasteiger charge is 2.14. The van der Waals surface area contributed by atoms with E-state index in [1.165, 1.54) is 25.7 Å². The highest BCUT2D eigenvalue weighted by atomic mass is 16.2. The lowest BCUT2D eigenvalue weighted by atomic mass is 10.2. The third-order valence-corrected chi connectivity index (χ3v) is 6.06. The van der Waals surface area contributed by atoms with Crippen LogP contribution in [-0.2, 0) is 13.1 Å². The summed E-state index contributed by atoms with van der Waals surface area (Å²) in [5.74, 6) is 1.03. The maximum atomic E-state index is 12.4. The fraction of sp³-hybridized carbons (Fsp3) is 0.400. The van der Waals surface area contributed by atoms with Gasteiger partial charge in [0.1, 0.15) is 5.82 Å². The first-order valence-corrected chi connectivity index (χ1v) is 11.4. The first-order valence-electron chi connectivity index (χ1n) is 11.4. The molecule has 2 N–H and O–H groups in total. The number of carbonyl (C=O) groups is 1. The highest BCUT2D eigenvalue weighted by molar-refractivity contribution is 5.73. The third-order valence-electron chi connectivity index (χ3n) is 6.06. The van der Waals surface area contributed by atoms with Gasteiger partial charge in [0.2, 0.25) is 0 Å². The fourth-order valence-electron chi connectivity index (χ4n) is 4.17. The predicted molar refractivity (Wildman–Crippen MR) is 127 cm³/mol. The van der Waals surface area contributed by atoms with Crippen molar-refractivity contribution in [1.82, 2.24) is 25.4 Å². The normalized spacial score (nSPS) is 14.1. The van der Waals surface area contributed by atoms with Crippen molar-refractivity contribution in [2.75, 3.05) is 18.0 Å². The topological polar surface area (TPSA) is 75.1 Å². The van der Waals surface area contributed by atoms with Crippen LogP contribution in [0, 0.1) is 13.8 Å². The Balaban J connectivity index is 1.29. The molecular weight excluding hydrogens is 400 g/mol. The van der Waals surface area contributed by atoms with E-state index in [4.69, 9.17) is 0 Å². The standard InChI is InChI=1S/C25H32N6O/c1-19-23(20(2)31(29-19)22-10-6-5-7-11-22)18-28-25(32)27-17-21-12-13-24(26-16-21)30-14-8-3-4-9-15-30/h5-7,10-13,16H,3-4,8-9,14-15,17-18H2,1-2H3,(H2,27,28,32). The zero-order valence-electron chi connectivity index (χ0n) is 19.0. The van der Waals surface area contributed by atoms with Gasteiger partial charge >= 0.3 is 6.03 Å². The number of anilines is 1. The van der Waals surface area contributed by atoms with Crippen molar-refractivity contribution in [2.24, 2.45) is 0 Å². The number of nitrogens with zero attached hydrogens (tertiary/aromatic N) is 4. The zero-order chi connectivity index (χ0) is 22.3. The number of hydrogen-bond acceptors (Lipinski definition) is 4. The van der Waals surface area contributed by atoms with Crippen molar-refractivity contribution in [3.63, 3.8) is 0 Å². The zero-order valence-corrected chi connectivity index (χ0v) is 19.0. The van der Waals surface area contributed by atoms with E-state index in [0.717, 1.165) is 47.1 Å². The number of urea groups is 1. The van der Waals surface area contributed by atoms with Crippen molar-refractivity contribution in [2.45, 2.75) is 52.6 Å². The van der Waals surface area contributed by atoms with E-state index < -0.39 is 0 Å². The number of nitrogens with one attached hydrogen (secondary N) is 2. The predicted octanol–water partition coefficient (Wildman–Crippen LogP) is 4.26. The molecule has 2 amide bonds. The Morgan fingerprint density at radius 3 is 2.34 bits per heavy atom. The summed E-state index contributed by atoms with van der Waals surface area (Å²) in [5, 5.41) is 10.5. The average molecular weight is 433 g/mol. The van der Waals surface area contributed by atoms with Crippen LogP contribution in [0.5, 0.6) is 0 Å². The quantitative estimate of drug-likeness (QED) is 0.610. The largest absolute Gasteiger partial charge is 0.357 e. The van der Waals surface area contributed by atoms with Crippen LogP contribution in [0.2, 0.25) is 0 Å². The van der Waals surface area contributed by atoms with Gasteiger partial charge < -0.3 is 15.5 Å². The Morgan fingerprint density at radius 2 is 1.66 bits per heavy atom. The van der Waals surface area contributed by atoms with Crippen molar-refractivity contribution >= 4 is 11.8 Å². The fourth-order valence-corrected chi connectivity index (χ4v) is 4.17. The molecule has 7 heteroatoms. The number of amides is 2. The second-order valence-electron chi connectivity index (χ2n) is 8.36. The molecule has 2 aromatic heterocycles. The van der Waals surface area contributed by atoms with Crippen LogP contribution in [0.4, 0.5) is 10.6 Å². The van der Waals surface area contributed by atoms with E-state index in [1.54, 1.807) is 0 Å². The molecule has 0 radical (unpaired) electrons. The van der Waals surface area contributed by atoms with Crippen molar-refractivity contribution in [3.8, 4) is 5.69 Å². The number of aryl methyl sites for hydroxylation is 1. The van der Waals surface area contributed by atoms with Crippen molar-refractivity contribution in [3.05, 3.63) is 71.2 Å². The van der Waals surface area contributed by atoms with E-state index in [1.807, 2.05) is 61.1 Å². The summed E-state index contributed by atoms with van der Waals surface area (Å²) < 4.78 is 1.92. The lowest BCUT2D eigenvalue weighted by Crippen LogP contribution is -2.34. The van der Waals surface area contributed by atoms with Crippen LogP contribution in [0.1, 0.15) is 48.2 Å². The Kier molecular flexibility index (Phi) is 7.04. The monoisotopic (exact) mass is 432 g/mol. The molecule has 4 rings (SSSR count). The lowest BCUT2D eigenvalue weighted by molar-refractivity contribution is 0.240. The minimum absolute atomic E-state index is 0.201. The van der Waals surface area contributed by atoms with Gasteiger partial charge in [0, 0.05) is 43.6 Å². The number of benzene rings is 1. The second-order valence-corrected chi connectivity index (χ2v) is 8.36. The highest BCUT2D eigenvalue weighted by Crippen LogP contribution is 2.18. The van der Waals surface area contributed by atoms with Gasteiger partial charge in [-0.3, -0.25) is 0 Å². The van der Waals surface area contributed by atoms with Gasteiger partial charge in [-0.25, -0.2) is 14.5 Å². The summed E-state index contributed by atoms with van der Waals surface area (Å²) >= 11 is 0. The molecule has 0 unspecified atom stereocenters. The van der Waals surface area contributed by atoms with Crippen LogP contribution in [0.3, 0.4) is 0 Å². The molecule has 168 valence electrons. The van der Waals surface area contributed by atoms with Crippen LogP contribution < -0.4 is 15.5 Å². The summed E-state index contributed by atoms with van der Waals surface area (Å²) in [6.45, 7) is 7.03. The van der Waals surface area contributed by atoms with E-state index >= 15 is 0 Å². The Labute approximate surface area is 189 Å². The Morgan fingerprint density at radius 1 is 0.938 bits per heavy atom. The molecule has 1 saturated heterocycles. The molecule has 0 atom stereocenters. The maximum Gasteiger partial charge on any atom is 0.315 e. The van der Waals surface area contributed by atoms with Gasteiger partial charge in [0.25, 0.3) is 0 Å².